The number of rotatable bonds is 12. The molecule has 3 aromatic carbocycles. The van der Waals surface area contributed by atoms with Crippen molar-refractivity contribution in [2.45, 2.75) is 27.7 Å². The summed E-state index contributed by atoms with van der Waals surface area (Å²) in [6.07, 6.45) is 1.36. The molecule has 0 aliphatic rings. The van der Waals surface area contributed by atoms with Gasteiger partial charge in [-0.15, -0.1) is 11.3 Å². The van der Waals surface area contributed by atoms with Crippen molar-refractivity contribution in [3.8, 4) is 28.0 Å². The fraction of sp³-hybridized carbons (Fsp3) is 0.235. The summed E-state index contributed by atoms with van der Waals surface area (Å²) in [7, 11) is 0. The first-order valence-electron chi connectivity index (χ1n) is 14.3. The lowest BCUT2D eigenvalue weighted by Crippen LogP contribution is -2.22. The van der Waals surface area contributed by atoms with Crippen LogP contribution in [0.4, 0.5) is 28.4 Å². The summed E-state index contributed by atoms with van der Waals surface area (Å²) in [5.74, 6) is -1.09. The average molecular weight is 597 g/mol. The fourth-order valence-corrected chi connectivity index (χ4v) is 5.98. The molecule has 0 amide bonds. The highest BCUT2D eigenvalue weighted by atomic mass is 32.1. The van der Waals surface area contributed by atoms with Crippen LogP contribution < -0.4 is 14.7 Å². The molecule has 0 spiro atoms. The monoisotopic (exact) mass is 596 g/mol. The molecule has 3 N–H and O–H groups in total. The predicted octanol–water partition coefficient (Wildman–Crippen LogP) is 7.98. The number of anilines is 5. The van der Waals surface area contributed by atoms with Crippen LogP contribution in [0.1, 0.15) is 32.6 Å². The standard InChI is InChI=1S/C34H36N4O4S/c1-5-36(6-2)26-13-16-29(31(39)20-26)38(30-17-14-27(21-32(30)40)37(7-3)8-4)25-11-9-23(10-12-25)33-18-15-28(43-33)19-24(22-35)34(41)42/h9-21,39-40H,5-8H2,1-4H3,(H,41,42). The number of thiophene rings is 1. The van der Waals surface area contributed by atoms with Crippen LogP contribution in [0.5, 0.6) is 11.5 Å². The zero-order valence-electron chi connectivity index (χ0n) is 24.8. The van der Waals surface area contributed by atoms with Crippen LogP contribution in [0, 0.1) is 11.3 Å². The van der Waals surface area contributed by atoms with Crippen LogP contribution in [-0.2, 0) is 4.79 Å². The average Bonchev–Trinajstić information content (AvgIpc) is 3.48. The third-order valence-corrected chi connectivity index (χ3v) is 8.41. The van der Waals surface area contributed by atoms with Crippen LogP contribution in [0.25, 0.3) is 16.5 Å². The Bertz CT molecular complexity index is 1590. The van der Waals surface area contributed by atoms with Gasteiger partial charge in [0.2, 0.25) is 0 Å². The third kappa shape index (κ3) is 6.76. The molecule has 9 heteroatoms. The van der Waals surface area contributed by atoms with Crippen LogP contribution >= 0.6 is 11.3 Å². The van der Waals surface area contributed by atoms with Crippen molar-refractivity contribution in [3.05, 3.63) is 83.2 Å². The number of phenolic OH excluding ortho intramolecular Hbond substituents is 2. The number of carboxylic acid groups (broad SMARTS) is 1. The van der Waals surface area contributed by atoms with E-state index in [0.29, 0.717) is 16.3 Å². The predicted molar refractivity (Wildman–Crippen MR) is 176 cm³/mol. The molecule has 0 fully saturated rings. The minimum atomic E-state index is -1.26. The smallest absolute Gasteiger partial charge is 0.346 e. The molecule has 222 valence electrons. The maximum absolute atomic E-state index is 11.3. The Hall–Kier alpha value is -4.94. The Kier molecular flexibility index (Phi) is 9.96. The number of nitrogens with zero attached hydrogens (tertiary/aromatic N) is 4. The van der Waals surface area contributed by atoms with E-state index in [-0.39, 0.29) is 17.1 Å². The van der Waals surface area contributed by atoms with E-state index in [1.807, 2.05) is 59.5 Å². The van der Waals surface area contributed by atoms with Gasteiger partial charge in [0.25, 0.3) is 0 Å². The second-order valence-electron chi connectivity index (χ2n) is 9.75. The zero-order chi connectivity index (χ0) is 31.1. The lowest BCUT2D eigenvalue weighted by atomic mass is 10.1. The molecule has 4 aromatic rings. The summed E-state index contributed by atoms with van der Waals surface area (Å²) in [6.45, 7) is 11.5. The number of carbonyl (C=O) groups is 1. The van der Waals surface area contributed by atoms with Gasteiger partial charge in [0, 0.05) is 65.1 Å². The van der Waals surface area contributed by atoms with Crippen molar-refractivity contribution in [2.24, 2.45) is 0 Å². The quantitative estimate of drug-likeness (QED) is 0.112. The normalized spacial score (nSPS) is 11.2. The van der Waals surface area contributed by atoms with E-state index < -0.39 is 5.97 Å². The highest BCUT2D eigenvalue weighted by molar-refractivity contribution is 7.16. The van der Waals surface area contributed by atoms with Gasteiger partial charge in [0.15, 0.2) is 0 Å². The van der Waals surface area contributed by atoms with Gasteiger partial charge in [0.05, 0.1) is 11.4 Å². The number of aliphatic carboxylic acids is 1. The van der Waals surface area contributed by atoms with Crippen LogP contribution in [0.3, 0.4) is 0 Å². The SMILES string of the molecule is CCN(CC)c1ccc(N(c2ccc(-c3ccc(C=C(C#N)C(=O)O)s3)cc2)c2ccc(N(CC)CC)cc2O)c(O)c1. The van der Waals surface area contributed by atoms with Gasteiger partial charge in [-0.05, 0) is 87.9 Å². The number of carboxylic acids is 1. The molecule has 43 heavy (non-hydrogen) atoms. The topological polar surface area (TPSA) is 111 Å². The molecule has 1 heterocycles. The van der Waals surface area contributed by atoms with E-state index in [9.17, 15) is 20.1 Å². The zero-order valence-corrected chi connectivity index (χ0v) is 25.6. The lowest BCUT2D eigenvalue weighted by Gasteiger charge is -2.29. The molecule has 0 aliphatic heterocycles. The maximum Gasteiger partial charge on any atom is 0.346 e. The molecule has 0 radical (unpaired) electrons. The van der Waals surface area contributed by atoms with Crippen LogP contribution in [0.2, 0.25) is 0 Å². The fourth-order valence-electron chi connectivity index (χ4n) is 5.03. The summed E-state index contributed by atoms with van der Waals surface area (Å²) < 4.78 is 0. The van der Waals surface area contributed by atoms with E-state index >= 15 is 0 Å². The molecule has 0 aliphatic carbocycles. The minimum Gasteiger partial charge on any atom is -0.506 e. The first-order valence-corrected chi connectivity index (χ1v) is 15.1. The highest BCUT2D eigenvalue weighted by Gasteiger charge is 2.21. The Balaban J connectivity index is 1.78. The Morgan fingerprint density at radius 1 is 0.767 bits per heavy atom. The maximum atomic E-state index is 11.3. The van der Waals surface area contributed by atoms with E-state index in [4.69, 9.17) is 5.26 Å². The summed E-state index contributed by atoms with van der Waals surface area (Å²) in [5, 5.41) is 40.8. The van der Waals surface area contributed by atoms with Crippen LogP contribution in [0.15, 0.2) is 78.4 Å². The van der Waals surface area contributed by atoms with Gasteiger partial charge >= 0.3 is 5.97 Å². The number of hydrogen-bond acceptors (Lipinski definition) is 8. The van der Waals surface area contributed by atoms with Gasteiger partial charge in [-0.3, -0.25) is 0 Å². The molecule has 0 bridgehead atoms. The van der Waals surface area contributed by atoms with Crippen molar-refractivity contribution in [1.29, 1.82) is 5.26 Å². The van der Waals surface area contributed by atoms with Gasteiger partial charge in [-0.2, -0.15) is 5.26 Å². The molecule has 0 unspecified atom stereocenters. The summed E-state index contributed by atoms with van der Waals surface area (Å²) in [5.41, 5.74) is 4.18. The van der Waals surface area contributed by atoms with E-state index in [0.717, 1.165) is 53.7 Å². The van der Waals surface area contributed by atoms with Crippen molar-refractivity contribution >= 4 is 51.8 Å². The molecular weight excluding hydrogens is 560 g/mol. The molecular formula is C34H36N4O4S. The second kappa shape index (κ2) is 13.8. The van der Waals surface area contributed by atoms with Gasteiger partial charge < -0.3 is 30.0 Å². The number of nitriles is 1. The summed E-state index contributed by atoms with van der Waals surface area (Å²) >= 11 is 1.38. The van der Waals surface area contributed by atoms with Crippen LogP contribution in [-0.4, -0.2) is 47.5 Å². The summed E-state index contributed by atoms with van der Waals surface area (Å²) in [4.78, 5) is 18.9. The highest BCUT2D eigenvalue weighted by Crippen LogP contribution is 2.46. The van der Waals surface area contributed by atoms with E-state index in [1.165, 1.54) is 17.4 Å². The van der Waals surface area contributed by atoms with Crippen molar-refractivity contribution < 1.29 is 20.1 Å². The van der Waals surface area contributed by atoms with Gasteiger partial charge in [0.1, 0.15) is 23.1 Å². The Morgan fingerprint density at radius 3 is 1.67 bits per heavy atom. The number of hydrogen-bond donors (Lipinski definition) is 3. The van der Waals surface area contributed by atoms with Gasteiger partial charge in [-0.25, -0.2) is 4.79 Å². The Labute approximate surface area is 256 Å². The van der Waals surface area contributed by atoms with E-state index in [2.05, 4.69) is 37.5 Å². The first kappa shape index (κ1) is 31.0. The molecule has 4 rings (SSSR count). The number of aromatic hydroxyl groups is 2. The lowest BCUT2D eigenvalue weighted by molar-refractivity contribution is -0.132. The summed E-state index contributed by atoms with van der Waals surface area (Å²) in [6, 6.07) is 24.2. The second-order valence-corrected chi connectivity index (χ2v) is 10.9. The molecule has 0 atom stereocenters. The molecule has 0 saturated heterocycles. The Morgan fingerprint density at radius 2 is 1.26 bits per heavy atom. The molecule has 0 saturated carbocycles. The largest absolute Gasteiger partial charge is 0.506 e. The van der Waals surface area contributed by atoms with E-state index in [1.54, 1.807) is 24.3 Å². The van der Waals surface area contributed by atoms with Gasteiger partial charge in [-0.1, -0.05) is 12.1 Å². The van der Waals surface area contributed by atoms with Crippen molar-refractivity contribution in [1.82, 2.24) is 0 Å². The van der Waals surface area contributed by atoms with Crippen molar-refractivity contribution in [2.75, 3.05) is 40.9 Å². The number of benzene rings is 3. The minimum absolute atomic E-state index is 0.0853. The van der Waals surface area contributed by atoms with Crippen molar-refractivity contribution in [3.63, 3.8) is 0 Å². The number of phenols is 2. The first-order chi connectivity index (χ1) is 20.7. The molecule has 8 nitrogen and oxygen atoms in total. The third-order valence-electron chi connectivity index (χ3n) is 7.33. The molecule has 1 aromatic heterocycles.